The molecule has 0 aliphatic carbocycles. The second-order valence-corrected chi connectivity index (χ2v) is 3.98. The van der Waals surface area contributed by atoms with Gasteiger partial charge in [0.1, 0.15) is 11.9 Å². The Hall–Kier alpha value is -1.42. The molecule has 2 unspecified atom stereocenters. The molecule has 3 nitrogen and oxygen atoms in total. The van der Waals surface area contributed by atoms with E-state index >= 15 is 0 Å². The highest BCUT2D eigenvalue weighted by molar-refractivity contribution is 5.77. The predicted molar refractivity (Wildman–Crippen MR) is 64.0 cm³/mol. The van der Waals surface area contributed by atoms with Crippen LogP contribution >= 0.6 is 0 Å². The van der Waals surface area contributed by atoms with Crippen molar-refractivity contribution in [2.75, 3.05) is 7.11 Å². The molecule has 2 atom stereocenters. The summed E-state index contributed by atoms with van der Waals surface area (Å²) in [5.41, 5.74) is 0.707. The fourth-order valence-electron chi connectivity index (χ4n) is 1.48. The molecule has 0 heterocycles. The highest BCUT2D eigenvalue weighted by Gasteiger charge is 2.22. The number of hydrogen-bond donors (Lipinski definition) is 1. The van der Waals surface area contributed by atoms with Crippen molar-refractivity contribution in [2.24, 2.45) is 0 Å². The van der Waals surface area contributed by atoms with Crippen molar-refractivity contribution in [3.63, 3.8) is 0 Å². The minimum absolute atomic E-state index is 0.184. The standard InChI is InChI=1S/C13H18FNO2/c1-4-9(2)15-12(13(16)17-3)10-5-7-11(14)8-6-10/h5-9,12,15H,4H2,1-3H3. The third-order valence-electron chi connectivity index (χ3n) is 2.70. The van der Waals surface area contributed by atoms with Gasteiger partial charge in [0.05, 0.1) is 7.11 Å². The molecule has 0 saturated carbocycles. The van der Waals surface area contributed by atoms with Crippen LogP contribution in [0.2, 0.25) is 0 Å². The van der Waals surface area contributed by atoms with E-state index in [4.69, 9.17) is 4.74 Å². The fraction of sp³-hybridized carbons (Fsp3) is 0.462. The smallest absolute Gasteiger partial charge is 0.327 e. The summed E-state index contributed by atoms with van der Waals surface area (Å²) in [6.45, 7) is 4.01. The number of ether oxygens (including phenoxy) is 1. The molecule has 0 aliphatic heterocycles. The van der Waals surface area contributed by atoms with E-state index in [0.29, 0.717) is 5.56 Å². The number of hydrogen-bond acceptors (Lipinski definition) is 3. The van der Waals surface area contributed by atoms with Crippen molar-refractivity contribution in [1.29, 1.82) is 0 Å². The van der Waals surface area contributed by atoms with Gasteiger partial charge in [-0.3, -0.25) is 5.32 Å². The molecule has 1 rings (SSSR count). The molecule has 0 aromatic heterocycles. The number of nitrogens with one attached hydrogen (secondary N) is 1. The summed E-state index contributed by atoms with van der Waals surface area (Å²) in [5, 5.41) is 3.16. The summed E-state index contributed by atoms with van der Waals surface area (Å²) in [7, 11) is 1.34. The first-order valence-electron chi connectivity index (χ1n) is 5.67. The summed E-state index contributed by atoms with van der Waals surface area (Å²) in [6, 6.07) is 5.49. The Morgan fingerprint density at radius 1 is 1.41 bits per heavy atom. The van der Waals surface area contributed by atoms with Crippen LogP contribution in [0.5, 0.6) is 0 Å². The van der Waals surface area contributed by atoms with Crippen molar-refractivity contribution < 1.29 is 13.9 Å². The highest BCUT2D eigenvalue weighted by atomic mass is 19.1. The molecule has 1 aromatic rings. The van der Waals surface area contributed by atoms with E-state index < -0.39 is 6.04 Å². The van der Waals surface area contributed by atoms with E-state index in [2.05, 4.69) is 5.32 Å². The monoisotopic (exact) mass is 239 g/mol. The average molecular weight is 239 g/mol. The van der Waals surface area contributed by atoms with Gasteiger partial charge in [-0.1, -0.05) is 19.1 Å². The molecule has 0 amide bonds. The Balaban J connectivity index is 2.89. The summed E-state index contributed by atoms with van der Waals surface area (Å²) in [5.74, 6) is -0.683. The third-order valence-corrected chi connectivity index (χ3v) is 2.70. The maximum absolute atomic E-state index is 12.8. The van der Waals surface area contributed by atoms with Crippen LogP contribution in [-0.2, 0) is 9.53 Å². The van der Waals surface area contributed by atoms with Gasteiger partial charge in [0.2, 0.25) is 0 Å². The SMILES string of the molecule is CCC(C)NC(C(=O)OC)c1ccc(F)cc1. The van der Waals surface area contributed by atoms with Crippen LogP contribution < -0.4 is 5.32 Å². The number of methoxy groups -OCH3 is 1. The van der Waals surface area contributed by atoms with Crippen molar-refractivity contribution in [2.45, 2.75) is 32.4 Å². The van der Waals surface area contributed by atoms with Gasteiger partial charge < -0.3 is 4.74 Å². The second kappa shape index (κ2) is 6.35. The lowest BCUT2D eigenvalue weighted by Gasteiger charge is -2.20. The number of carbonyl (C=O) groups is 1. The molecular weight excluding hydrogens is 221 g/mol. The molecule has 94 valence electrons. The first-order valence-corrected chi connectivity index (χ1v) is 5.67. The zero-order valence-electron chi connectivity index (χ0n) is 10.4. The summed E-state index contributed by atoms with van der Waals surface area (Å²) >= 11 is 0. The second-order valence-electron chi connectivity index (χ2n) is 3.98. The zero-order chi connectivity index (χ0) is 12.8. The van der Waals surface area contributed by atoms with Gasteiger partial charge in [-0.05, 0) is 31.0 Å². The fourth-order valence-corrected chi connectivity index (χ4v) is 1.48. The normalized spacial score (nSPS) is 14.1. The van der Waals surface area contributed by atoms with E-state index in [0.717, 1.165) is 6.42 Å². The molecule has 17 heavy (non-hydrogen) atoms. The van der Waals surface area contributed by atoms with E-state index in [9.17, 15) is 9.18 Å². The van der Waals surface area contributed by atoms with Crippen LogP contribution in [0.25, 0.3) is 0 Å². The van der Waals surface area contributed by atoms with Gasteiger partial charge in [0.25, 0.3) is 0 Å². The molecule has 0 aliphatic rings. The van der Waals surface area contributed by atoms with Gasteiger partial charge in [-0.2, -0.15) is 0 Å². The molecule has 1 aromatic carbocycles. The van der Waals surface area contributed by atoms with Gasteiger partial charge in [0, 0.05) is 6.04 Å². The lowest BCUT2D eigenvalue weighted by molar-refractivity contribution is -0.143. The number of rotatable bonds is 5. The van der Waals surface area contributed by atoms with E-state index in [1.54, 1.807) is 12.1 Å². The van der Waals surface area contributed by atoms with Crippen LogP contribution in [0, 0.1) is 5.82 Å². The predicted octanol–water partition coefficient (Wildman–Crippen LogP) is 2.43. The molecule has 1 N–H and O–H groups in total. The lowest BCUT2D eigenvalue weighted by Crippen LogP contribution is -2.35. The summed E-state index contributed by atoms with van der Waals surface area (Å²) in [4.78, 5) is 11.7. The number of benzene rings is 1. The number of esters is 1. The summed E-state index contributed by atoms with van der Waals surface area (Å²) in [6.07, 6.45) is 0.898. The van der Waals surface area contributed by atoms with Crippen molar-refractivity contribution in [1.82, 2.24) is 5.32 Å². The number of carbonyl (C=O) groups excluding carboxylic acids is 1. The zero-order valence-corrected chi connectivity index (χ0v) is 10.4. The Morgan fingerprint density at radius 3 is 2.47 bits per heavy atom. The molecule has 4 heteroatoms. The van der Waals surface area contributed by atoms with E-state index in [-0.39, 0.29) is 17.8 Å². The van der Waals surface area contributed by atoms with Gasteiger partial charge in [-0.25, -0.2) is 9.18 Å². The Kier molecular flexibility index (Phi) is 5.10. The van der Waals surface area contributed by atoms with Crippen LogP contribution in [0.3, 0.4) is 0 Å². The largest absolute Gasteiger partial charge is 0.468 e. The summed E-state index contributed by atoms with van der Waals surface area (Å²) < 4.78 is 17.6. The van der Waals surface area contributed by atoms with Gasteiger partial charge >= 0.3 is 5.97 Å². The average Bonchev–Trinajstić information content (AvgIpc) is 2.36. The van der Waals surface area contributed by atoms with Crippen LogP contribution in [-0.4, -0.2) is 19.1 Å². The molecule has 0 bridgehead atoms. The van der Waals surface area contributed by atoms with E-state index in [1.165, 1.54) is 19.2 Å². The Morgan fingerprint density at radius 2 is 2.00 bits per heavy atom. The van der Waals surface area contributed by atoms with Gasteiger partial charge in [0.15, 0.2) is 0 Å². The van der Waals surface area contributed by atoms with Crippen LogP contribution in [0.4, 0.5) is 4.39 Å². The maximum atomic E-state index is 12.8. The Labute approximate surface area is 101 Å². The highest BCUT2D eigenvalue weighted by Crippen LogP contribution is 2.16. The molecule has 0 saturated heterocycles. The molecular formula is C13H18FNO2. The first-order chi connectivity index (χ1) is 8.08. The van der Waals surface area contributed by atoms with Crippen LogP contribution in [0.15, 0.2) is 24.3 Å². The molecule has 0 radical (unpaired) electrons. The van der Waals surface area contributed by atoms with Crippen molar-refractivity contribution in [3.05, 3.63) is 35.6 Å². The van der Waals surface area contributed by atoms with E-state index in [1.807, 2.05) is 13.8 Å². The van der Waals surface area contributed by atoms with Crippen LogP contribution in [0.1, 0.15) is 31.9 Å². The molecule has 0 fully saturated rings. The minimum atomic E-state index is -0.546. The Bertz CT molecular complexity index is 364. The quantitative estimate of drug-likeness (QED) is 0.802. The molecule has 0 spiro atoms. The minimum Gasteiger partial charge on any atom is -0.468 e. The van der Waals surface area contributed by atoms with Crippen molar-refractivity contribution in [3.8, 4) is 0 Å². The topological polar surface area (TPSA) is 38.3 Å². The first kappa shape index (κ1) is 13.6. The third kappa shape index (κ3) is 3.82. The van der Waals surface area contributed by atoms with Gasteiger partial charge in [-0.15, -0.1) is 0 Å². The maximum Gasteiger partial charge on any atom is 0.327 e. The van der Waals surface area contributed by atoms with Crippen molar-refractivity contribution >= 4 is 5.97 Å². The number of halogens is 1. The lowest BCUT2D eigenvalue weighted by atomic mass is 10.1.